The van der Waals surface area contributed by atoms with Crippen molar-refractivity contribution in [2.45, 2.75) is 39.3 Å². The maximum Gasteiger partial charge on any atom is 0.244 e. The molecule has 1 atom stereocenters. The zero-order chi connectivity index (χ0) is 14.7. The SMILES string of the molecule is Cc1noc([C@@H](NCc2occc2C)C2CCOCC2)n1. The lowest BCUT2D eigenvalue weighted by Crippen LogP contribution is -2.32. The van der Waals surface area contributed by atoms with Crippen molar-refractivity contribution < 1.29 is 13.7 Å². The fourth-order valence-electron chi connectivity index (χ4n) is 2.73. The molecular weight excluding hydrogens is 270 g/mol. The van der Waals surface area contributed by atoms with Crippen LogP contribution in [0, 0.1) is 19.8 Å². The summed E-state index contributed by atoms with van der Waals surface area (Å²) in [5.41, 5.74) is 1.15. The van der Waals surface area contributed by atoms with Crippen LogP contribution in [-0.4, -0.2) is 23.4 Å². The van der Waals surface area contributed by atoms with Gasteiger partial charge in [-0.1, -0.05) is 5.16 Å². The third-order valence-electron chi connectivity index (χ3n) is 4.00. The van der Waals surface area contributed by atoms with Crippen molar-refractivity contribution in [2.24, 2.45) is 5.92 Å². The Labute approximate surface area is 123 Å². The van der Waals surface area contributed by atoms with Crippen molar-refractivity contribution in [3.05, 3.63) is 35.4 Å². The molecule has 0 amide bonds. The van der Waals surface area contributed by atoms with E-state index in [-0.39, 0.29) is 6.04 Å². The van der Waals surface area contributed by atoms with Crippen LogP contribution in [-0.2, 0) is 11.3 Å². The van der Waals surface area contributed by atoms with Gasteiger partial charge in [0.25, 0.3) is 0 Å². The molecule has 1 aliphatic rings. The Morgan fingerprint density at radius 2 is 2.14 bits per heavy atom. The molecule has 1 aliphatic heterocycles. The predicted molar refractivity (Wildman–Crippen MR) is 75.6 cm³/mol. The van der Waals surface area contributed by atoms with Crippen LogP contribution in [0.2, 0.25) is 0 Å². The highest BCUT2D eigenvalue weighted by Crippen LogP contribution is 2.29. The minimum absolute atomic E-state index is 0.0413. The van der Waals surface area contributed by atoms with E-state index in [1.807, 2.05) is 19.9 Å². The number of hydrogen-bond donors (Lipinski definition) is 1. The van der Waals surface area contributed by atoms with Crippen molar-refractivity contribution in [2.75, 3.05) is 13.2 Å². The molecule has 0 aliphatic carbocycles. The summed E-state index contributed by atoms with van der Waals surface area (Å²) >= 11 is 0. The molecule has 0 unspecified atom stereocenters. The van der Waals surface area contributed by atoms with Crippen LogP contribution < -0.4 is 5.32 Å². The van der Waals surface area contributed by atoms with Crippen molar-refractivity contribution >= 4 is 0 Å². The smallest absolute Gasteiger partial charge is 0.244 e. The molecule has 0 aromatic carbocycles. The van der Waals surface area contributed by atoms with Crippen LogP contribution >= 0.6 is 0 Å². The molecule has 2 aromatic rings. The van der Waals surface area contributed by atoms with E-state index in [0.717, 1.165) is 37.4 Å². The Balaban J connectivity index is 1.73. The third-order valence-corrected chi connectivity index (χ3v) is 4.00. The van der Waals surface area contributed by atoms with E-state index in [0.29, 0.717) is 24.2 Å². The summed E-state index contributed by atoms with van der Waals surface area (Å²) in [6.45, 7) is 6.11. The van der Waals surface area contributed by atoms with Gasteiger partial charge < -0.3 is 13.7 Å². The van der Waals surface area contributed by atoms with Crippen LogP contribution in [0.25, 0.3) is 0 Å². The molecule has 1 N–H and O–H groups in total. The van der Waals surface area contributed by atoms with E-state index in [1.165, 1.54) is 0 Å². The minimum atomic E-state index is 0.0413. The topological polar surface area (TPSA) is 73.3 Å². The monoisotopic (exact) mass is 291 g/mol. The van der Waals surface area contributed by atoms with Gasteiger partial charge in [-0.15, -0.1) is 0 Å². The van der Waals surface area contributed by atoms with Gasteiger partial charge in [0, 0.05) is 13.2 Å². The maximum absolute atomic E-state index is 5.49. The number of nitrogens with one attached hydrogen (secondary N) is 1. The van der Waals surface area contributed by atoms with Gasteiger partial charge in [-0.25, -0.2) is 0 Å². The second kappa shape index (κ2) is 6.41. The summed E-state index contributed by atoms with van der Waals surface area (Å²) in [7, 11) is 0. The Hall–Kier alpha value is -1.66. The first kappa shape index (κ1) is 14.3. The predicted octanol–water partition coefficient (Wildman–Crippen LogP) is 2.54. The van der Waals surface area contributed by atoms with Crippen LogP contribution in [0.5, 0.6) is 0 Å². The van der Waals surface area contributed by atoms with Gasteiger partial charge in [0.1, 0.15) is 5.76 Å². The normalized spacial score (nSPS) is 18.0. The first-order chi connectivity index (χ1) is 10.2. The molecule has 0 saturated carbocycles. The number of nitrogens with zero attached hydrogens (tertiary/aromatic N) is 2. The van der Waals surface area contributed by atoms with Gasteiger partial charge in [0.05, 0.1) is 18.8 Å². The molecule has 0 spiro atoms. The number of ether oxygens (including phenoxy) is 1. The first-order valence-corrected chi connectivity index (χ1v) is 7.38. The standard InChI is InChI=1S/C15H21N3O3/c1-10-3-8-20-13(10)9-16-14(12-4-6-19-7-5-12)15-17-11(2)18-21-15/h3,8,12,14,16H,4-7,9H2,1-2H3/t14-/m0/s1. The lowest BCUT2D eigenvalue weighted by Gasteiger charge is -2.28. The number of furan rings is 1. The van der Waals surface area contributed by atoms with Gasteiger partial charge >= 0.3 is 0 Å². The van der Waals surface area contributed by atoms with Crippen LogP contribution in [0.3, 0.4) is 0 Å². The molecule has 1 saturated heterocycles. The minimum Gasteiger partial charge on any atom is -0.468 e. The maximum atomic E-state index is 5.49. The first-order valence-electron chi connectivity index (χ1n) is 7.38. The second-order valence-electron chi connectivity index (χ2n) is 5.51. The van der Waals surface area contributed by atoms with Gasteiger partial charge in [-0.2, -0.15) is 4.98 Å². The van der Waals surface area contributed by atoms with Gasteiger partial charge in [0.15, 0.2) is 5.82 Å². The summed E-state index contributed by atoms with van der Waals surface area (Å²) in [5.74, 6) is 2.71. The lowest BCUT2D eigenvalue weighted by atomic mass is 9.91. The Morgan fingerprint density at radius 3 is 2.76 bits per heavy atom. The molecule has 3 heterocycles. The molecule has 6 heteroatoms. The third kappa shape index (κ3) is 3.33. The summed E-state index contributed by atoms with van der Waals surface area (Å²) in [4.78, 5) is 4.40. The second-order valence-corrected chi connectivity index (χ2v) is 5.51. The quantitative estimate of drug-likeness (QED) is 0.912. The van der Waals surface area contributed by atoms with Crippen molar-refractivity contribution in [3.8, 4) is 0 Å². The molecule has 1 fully saturated rings. The molecule has 0 bridgehead atoms. The molecular formula is C15H21N3O3. The van der Waals surface area contributed by atoms with Crippen molar-refractivity contribution in [3.63, 3.8) is 0 Å². The number of aromatic nitrogens is 2. The zero-order valence-electron chi connectivity index (χ0n) is 12.5. The van der Waals surface area contributed by atoms with Gasteiger partial charge in [-0.3, -0.25) is 5.32 Å². The van der Waals surface area contributed by atoms with Crippen LogP contribution in [0.4, 0.5) is 0 Å². The molecule has 21 heavy (non-hydrogen) atoms. The van der Waals surface area contributed by atoms with Gasteiger partial charge in [-0.05, 0) is 44.2 Å². The Kier molecular flexibility index (Phi) is 4.36. The van der Waals surface area contributed by atoms with E-state index < -0.39 is 0 Å². The van der Waals surface area contributed by atoms with Crippen molar-refractivity contribution in [1.29, 1.82) is 0 Å². The van der Waals surface area contributed by atoms with E-state index >= 15 is 0 Å². The molecule has 6 nitrogen and oxygen atoms in total. The molecule has 0 radical (unpaired) electrons. The van der Waals surface area contributed by atoms with E-state index in [4.69, 9.17) is 13.7 Å². The van der Waals surface area contributed by atoms with Crippen LogP contribution in [0.1, 0.15) is 41.9 Å². The average molecular weight is 291 g/mol. The van der Waals surface area contributed by atoms with E-state index in [9.17, 15) is 0 Å². The zero-order valence-corrected chi connectivity index (χ0v) is 12.5. The van der Waals surface area contributed by atoms with E-state index in [2.05, 4.69) is 15.5 Å². The Morgan fingerprint density at radius 1 is 1.33 bits per heavy atom. The number of aryl methyl sites for hydroxylation is 2. The summed E-state index contributed by atoms with van der Waals surface area (Å²) in [6.07, 6.45) is 3.71. The molecule has 2 aromatic heterocycles. The lowest BCUT2D eigenvalue weighted by molar-refractivity contribution is 0.0482. The largest absolute Gasteiger partial charge is 0.468 e. The summed E-state index contributed by atoms with van der Waals surface area (Å²) in [6, 6.07) is 2.01. The van der Waals surface area contributed by atoms with Crippen molar-refractivity contribution in [1.82, 2.24) is 15.5 Å². The summed E-state index contributed by atoms with van der Waals surface area (Å²) < 4.78 is 16.3. The van der Waals surface area contributed by atoms with Crippen LogP contribution in [0.15, 0.2) is 21.3 Å². The highest BCUT2D eigenvalue weighted by Gasteiger charge is 2.29. The number of hydrogen-bond acceptors (Lipinski definition) is 6. The van der Waals surface area contributed by atoms with Gasteiger partial charge in [0.2, 0.25) is 5.89 Å². The number of rotatable bonds is 5. The average Bonchev–Trinajstić information content (AvgIpc) is 3.10. The molecule has 3 rings (SSSR count). The highest BCUT2D eigenvalue weighted by molar-refractivity contribution is 5.14. The summed E-state index contributed by atoms with van der Waals surface area (Å²) in [5, 5.41) is 7.43. The highest BCUT2D eigenvalue weighted by atomic mass is 16.5. The molecule has 114 valence electrons. The Bertz CT molecular complexity index is 572. The van der Waals surface area contributed by atoms with E-state index in [1.54, 1.807) is 6.26 Å². The fraction of sp³-hybridized carbons (Fsp3) is 0.600. The fourth-order valence-corrected chi connectivity index (χ4v) is 2.73.